The van der Waals surface area contributed by atoms with E-state index in [1.54, 1.807) is 47.5 Å². The van der Waals surface area contributed by atoms with Crippen LogP contribution in [0.4, 0.5) is 4.39 Å². The number of hydrogen-bond donors (Lipinski definition) is 1. The van der Waals surface area contributed by atoms with Crippen LogP contribution in [0.1, 0.15) is 41.7 Å². The molecule has 186 valence electrons. The van der Waals surface area contributed by atoms with Crippen LogP contribution in [-0.4, -0.2) is 30.8 Å². The van der Waals surface area contributed by atoms with Crippen LogP contribution < -0.4 is 5.32 Å². The van der Waals surface area contributed by atoms with Gasteiger partial charge in [-0.1, -0.05) is 42.8 Å². The minimum atomic E-state index is -0.532. The van der Waals surface area contributed by atoms with Crippen LogP contribution in [0.2, 0.25) is 0 Å². The molecule has 5 rings (SSSR count). The lowest BCUT2D eigenvalue weighted by molar-refractivity contribution is 0.0914. The fourth-order valence-corrected chi connectivity index (χ4v) is 3.98. The Kier molecular flexibility index (Phi) is 6.59. The lowest BCUT2D eigenvalue weighted by atomic mass is 10.0. The predicted octanol–water partition coefficient (Wildman–Crippen LogP) is 5.56. The highest BCUT2D eigenvalue weighted by Crippen LogP contribution is 2.28. The van der Waals surface area contributed by atoms with Gasteiger partial charge in [-0.15, -0.1) is 0 Å². The Morgan fingerprint density at radius 3 is 2.49 bits per heavy atom. The van der Waals surface area contributed by atoms with E-state index in [2.05, 4.69) is 25.5 Å². The van der Waals surface area contributed by atoms with Gasteiger partial charge in [0.25, 0.3) is 5.91 Å². The molecular weight excluding hydrogens is 471 g/mol. The molecule has 0 saturated carbocycles. The van der Waals surface area contributed by atoms with Gasteiger partial charge >= 0.3 is 0 Å². The maximum absolute atomic E-state index is 13.7. The normalized spacial score (nSPS) is 12.0. The van der Waals surface area contributed by atoms with E-state index in [9.17, 15) is 9.18 Å². The number of amides is 1. The van der Waals surface area contributed by atoms with Gasteiger partial charge in [-0.25, -0.2) is 9.07 Å². The molecule has 0 radical (unpaired) electrons. The van der Waals surface area contributed by atoms with Crippen LogP contribution in [0.15, 0.2) is 83.8 Å². The molecule has 5 aromatic rings. The smallest absolute Gasteiger partial charge is 0.255 e. The van der Waals surface area contributed by atoms with Crippen molar-refractivity contribution in [3.8, 4) is 28.3 Å². The summed E-state index contributed by atoms with van der Waals surface area (Å²) in [6, 6.07) is 16.7. The van der Waals surface area contributed by atoms with Gasteiger partial charge in [0.2, 0.25) is 11.7 Å². The fourth-order valence-electron chi connectivity index (χ4n) is 3.98. The van der Waals surface area contributed by atoms with Crippen molar-refractivity contribution in [3.63, 3.8) is 0 Å². The van der Waals surface area contributed by atoms with Crippen molar-refractivity contribution in [3.05, 3.63) is 102 Å². The number of rotatable bonds is 7. The Morgan fingerprint density at radius 1 is 1.03 bits per heavy atom. The summed E-state index contributed by atoms with van der Waals surface area (Å²) in [6.07, 6.45) is 4.95. The average molecular weight is 497 g/mol. The van der Waals surface area contributed by atoms with E-state index in [0.29, 0.717) is 28.7 Å². The van der Waals surface area contributed by atoms with Crippen molar-refractivity contribution < 1.29 is 13.7 Å². The summed E-state index contributed by atoms with van der Waals surface area (Å²) in [5.41, 5.74) is 4.11. The lowest BCUT2D eigenvalue weighted by Gasteiger charge is -2.18. The average Bonchev–Trinajstić information content (AvgIpc) is 3.56. The first kappa shape index (κ1) is 24.1. The summed E-state index contributed by atoms with van der Waals surface area (Å²) >= 11 is 0. The zero-order chi connectivity index (χ0) is 25.9. The van der Waals surface area contributed by atoms with E-state index in [1.165, 1.54) is 12.1 Å². The second-order valence-corrected chi connectivity index (χ2v) is 9.07. The molecule has 1 atom stereocenters. The Hall–Kier alpha value is -4.66. The third-order valence-corrected chi connectivity index (χ3v) is 5.94. The number of hydrogen-bond acceptors (Lipinski definition) is 6. The summed E-state index contributed by atoms with van der Waals surface area (Å²) in [5, 5.41) is 11.8. The molecule has 0 aliphatic carbocycles. The van der Waals surface area contributed by atoms with Crippen molar-refractivity contribution >= 4 is 5.91 Å². The highest BCUT2D eigenvalue weighted by molar-refractivity contribution is 6.00. The van der Waals surface area contributed by atoms with Crippen molar-refractivity contribution in [2.24, 2.45) is 5.92 Å². The zero-order valence-electron chi connectivity index (χ0n) is 20.6. The molecule has 8 nitrogen and oxygen atoms in total. The molecule has 0 saturated heterocycles. The van der Waals surface area contributed by atoms with Gasteiger partial charge in [0.15, 0.2) is 0 Å². The van der Waals surface area contributed by atoms with Crippen molar-refractivity contribution in [1.29, 1.82) is 0 Å². The van der Waals surface area contributed by atoms with Gasteiger partial charge in [-0.05, 0) is 55.3 Å². The SMILES string of the molecule is Cc1cccc(-c2nn(-c3ccc(F)cc3)cc2C(=O)NC(c2nc(-c3ccncc3)no2)C(C)C)c1. The van der Waals surface area contributed by atoms with Gasteiger partial charge in [0.05, 0.1) is 11.3 Å². The first-order valence-corrected chi connectivity index (χ1v) is 11.9. The molecule has 3 aromatic heterocycles. The topological polar surface area (TPSA) is 98.7 Å². The van der Waals surface area contributed by atoms with E-state index in [4.69, 9.17) is 4.52 Å². The molecule has 0 aliphatic heterocycles. The number of halogens is 1. The van der Waals surface area contributed by atoms with Crippen LogP contribution >= 0.6 is 0 Å². The zero-order valence-corrected chi connectivity index (χ0v) is 20.6. The third-order valence-electron chi connectivity index (χ3n) is 5.94. The second kappa shape index (κ2) is 10.1. The number of aryl methyl sites for hydroxylation is 1. The minimum Gasteiger partial charge on any atom is -0.340 e. The molecule has 9 heteroatoms. The maximum Gasteiger partial charge on any atom is 0.255 e. The van der Waals surface area contributed by atoms with Crippen LogP contribution in [-0.2, 0) is 0 Å². The number of pyridine rings is 1. The third kappa shape index (κ3) is 5.16. The van der Waals surface area contributed by atoms with Crippen LogP contribution in [0.5, 0.6) is 0 Å². The van der Waals surface area contributed by atoms with E-state index < -0.39 is 6.04 Å². The molecule has 2 aromatic carbocycles. The predicted molar refractivity (Wildman–Crippen MR) is 136 cm³/mol. The molecule has 1 unspecified atom stereocenters. The molecule has 0 aliphatic rings. The van der Waals surface area contributed by atoms with E-state index in [1.807, 2.05) is 45.0 Å². The van der Waals surface area contributed by atoms with Crippen molar-refractivity contribution in [1.82, 2.24) is 30.2 Å². The highest BCUT2D eigenvalue weighted by Gasteiger charge is 2.28. The summed E-state index contributed by atoms with van der Waals surface area (Å²) in [5.74, 6) is -0.00481. The molecule has 1 amide bonds. The van der Waals surface area contributed by atoms with Gasteiger partial charge in [-0.2, -0.15) is 10.1 Å². The van der Waals surface area contributed by atoms with Gasteiger partial charge < -0.3 is 9.84 Å². The summed E-state index contributed by atoms with van der Waals surface area (Å²) in [6.45, 7) is 5.90. The van der Waals surface area contributed by atoms with E-state index in [0.717, 1.165) is 16.7 Å². The summed E-state index contributed by atoms with van der Waals surface area (Å²) in [4.78, 5) is 22.2. The molecule has 37 heavy (non-hydrogen) atoms. The maximum atomic E-state index is 13.7. The van der Waals surface area contributed by atoms with E-state index in [-0.39, 0.29) is 17.6 Å². The number of aromatic nitrogens is 5. The molecule has 0 spiro atoms. The van der Waals surface area contributed by atoms with Crippen molar-refractivity contribution in [2.75, 3.05) is 0 Å². The molecule has 1 N–H and O–H groups in total. The number of carbonyl (C=O) groups excluding carboxylic acids is 1. The number of carbonyl (C=O) groups is 1. The quantitative estimate of drug-likeness (QED) is 0.317. The Balaban J connectivity index is 1.50. The van der Waals surface area contributed by atoms with Gasteiger partial charge in [-0.3, -0.25) is 9.78 Å². The Labute approximate surface area is 213 Å². The molecule has 0 bridgehead atoms. The van der Waals surface area contributed by atoms with Crippen LogP contribution in [0.25, 0.3) is 28.3 Å². The minimum absolute atomic E-state index is 0.0377. The van der Waals surface area contributed by atoms with Gasteiger partial charge in [0, 0.05) is 29.7 Å². The Bertz CT molecular complexity index is 1530. The second-order valence-electron chi connectivity index (χ2n) is 9.07. The lowest BCUT2D eigenvalue weighted by Crippen LogP contribution is -2.32. The Morgan fingerprint density at radius 2 is 1.78 bits per heavy atom. The summed E-state index contributed by atoms with van der Waals surface area (Å²) < 4.78 is 20.6. The number of nitrogens with zero attached hydrogens (tertiary/aromatic N) is 5. The number of benzene rings is 2. The monoisotopic (exact) mass is 496 g/mol. The largest absolute Gasteiger partial charge is 0.340 e. The van der Waals surface area contributed by atoms with Crippen molar-refractivity contribution in [2.45, 2.75) is 26.8 Å². The summed E-state index contributed by atoms with van der Waals surface area (Å²) in [7, 11) is 0. The number of nitrogens with one attached hydrogen (secondary N) is 1. The molecule has 3 heterocycles. The highest BCUT2D eigenvalue weighted by atomic mass is 19.1. The van der Waals surface area contributed by atoms with E-state index >= 15 is 0 Å². The first-order chi connectivity index (χ1) is 17.9. The van der Waals surface area contributed by atoms with Crippen LogP contribution in [0, 0.1) is 18.7 Å². The fraction of sp³-hybridized carbons (Fsp3) is 0.179. The molecule has 0 fully saturated rings. The van der Waals surface area contributed by atoms with Crippen LogP contribution in [0.3, 0.4) is 0 Å². The molecular formula is C28H25FN6O2. The standard InChI is InChI=1S/C28H25FN6O2/c1-17(2)24(28-32-26(34-37-28)19-11-13-30-14-12-19)31-27(36)23-16-35(22-9-7-21(29)8-10-22)33-25(23)20-6-4-5-18(3)15-20/h4-17,24H,1-3H3,(H,31,36). The van der Waals surface area contributed by atoms with Gasteiger partial charge in [0.1, 0.15) is 17.6 Å². The first-order valence-electron chi connectivity index (χ1n) is 11.9.